The normalized spacial score (nSPS) is 15.0. The van der Waals surface area contributed by atoms with E-state index >= 15 is 0 Å². The molecule has 0 bridgehead atoms. The number of fused-ring (bicyclic) bond motifs is 1. The predicted molar refractivity (Wildman–Crippen MR) is 102 cm³/mol. The molecule has 1 aliphatic heterocycles. The van der Waals surface area contributed by atoms with Crippen LogP contribution in [0.3, 0.4) is 0 Å². The zero-order chi connectivity index (χ0) is 19.5. The van der Waals surface area contributed by atoms with Gasteiger partial charge in [0, 0.05) is 36.1 Å². The smallest absolute Gasteiger partial charge is 0.289 e. The van der Waals surface area contributed by atoms with E-state index in [1.165, 1.54) is 6.26 Å². The van der Waals surface area contributed by atoms with Crippen LogP contribution < -0.4 is 10.1 Å². The summed E-state index contributed by atoms with van der Waals surface area (Å²) in [6.07, 6.45) is 4.82. The van der Waals surface area contributed by atoms with Crippen LogP contribution in [0.1, 0.15) is 29.0 Å². The first-order valence-corrected chi connectivity index (χ1v) is 9.30. The lowest BCUT2D eigenvalue weighted by atomic mass is 10.0. The van der Waals surface area contributed by atoms with Crippen LogP contribution in [-0.4, -0.2) is 43.0 Å². The molecule has 4 rings (SSSR count). The lowest BCUT2D eigenvalue weighted by molar-refractivity contribution is -0.121. The molecule has 3 heterocycles. The number of carbonyl (C=O) groups excluding carboxylic acids is 2. The lowest BCUT2D eigenvalue weighted by Crippen LogP contribution is -2.46. The standard InChI is InChI=1S/C21H22N2O5/c1-26-16-4-5-17-14(13-28-19(17)12-16)11-20(24)22-15-6-8-23(9-7-15)21(25)18-3-2-10-27-18/h2-5,10,12-13,15H,6-9,11H2,1H3,(H,22,24). The number of nitrogens with one attached hydrogen (secondary N) is 1. The van der Waals surface area contributed by atoms with E-state index in [-0.39, 0.29) is 24.3 Å². The van der Waals surface area contributed by atoms with Gasteiger partial charge in [0.2, 0.25) is 5.91 Å². The quantitative estimate of drug-likeness (QED) is 0.733. The highest BCUT2D eigenvalue weighted by Crippen LogP contribution is 2.26. The first-order valence-electron chi connectivity index (χ1n) is 9.30. The summed E-state index contributed by atoms with van der Waals surface area (Å²) in [5, 5.41) is 3.98. The number of rotatable bonds is 5. The zero-order valence-electron chi connectivity index (χ0n) is 15.6. The van der Waals surface area contributed by atoms with Gasteiger partial charge in [0.25, 0.3) is 5.91 Å². The molecule has 7 nitrogen and oxygen atoms in total. The molecule has 0 aliphatic carbocycles. The van der Waals surface area contributed by atoms with Crippen LogP contribution in [0.5, 0.6) is 5.75 Å². The van der Waals surface area contributed by atoms with Gasteiger partial charge in [-0.05, 0) is 37.1 Å². The Labute approximate surface area is 162 Å². The second-order valence-electron chi connectivity index (χ2n) is 6.91. The maximum absolute atomic E-state index is 12.5. The van der Waals surface area contributed by atoms with Gasteiger partial charge in [0.05, 0.1) is 26.1 Å². The fourth-order valence-corrected chi connectivity index (χ4v) is 3.56. The van der Waals surface area contributed by atoms with Gasteiger partial charge in [-0.15, -0.1) is 0 Å². The van der Waals surface area contributed by atoms with E-state index < -0.39 is 0 Å². The summed E-state index contributed by atoms with van der Waals surface area (Å²) in [6.45, 7) is 1.19. The Morgan fingerprint density at radius 2 is 2.04 bits per heavy atom. The molecular weight excluding hydrogens is 360 g/mol. The molecule has 0 saturated carbocycles. The van der Waals surface area contributed by atoms with Crippen molar-refractivity contribution in [2.24, 2.45) is 0 Å². The number of likely N-dealkylation sites (tertiary alicyclic amines) is 1. The van der Waals surface area contributed by atoms with Gasteiger partial charge in [0.15, 0.2) is 5.76 Å². The van der Waals surface area contributed by atoms with Crippen LogP contribution in [0.2, 0.25) is 0 Å². The molecule has 1 fully saturated rings. The summed E-state index contributed by atoms with van der Waals surface area (Å²) in [4.78, 5) is 26.5. The summed E-state index contributed by atoms with van der Waals surface area (Å²) in [5.41, 5.74) is 1.55. The Balaban J connectivity index is 1.31. The van der Waals surface area contributed by atoms with Crippen molar-refractivity contribution in [2.45, 2.75) is 25.3 Å². The monoisotopic (exact) mass is 382 g/mol. The topological polar surface area (TPSA) is 84.9 Å². The van der Waals surface area contributed by atoms with Crippen molar-refractivity contribution in [2.75, 3.05) is 20.2 Å². The van der Waals surface area contributed by atoms with Gasteiger partial charge in [-0.25, -0.2) is 0 Å². The number of benzene rings is 1. The molecule has 7 heteroatoms. The second-order valence-corrected chi connectivity index (χ2v) is 6.91. The number of ether oxygens (including phenoxy) is 1. The molecule has 1 saturated heterocycles. The highest BCUT2D eigenvalue weighted by molar-refractivity contribution is 5.91. The van der Waals surface area contributed by atoms with Gasteiger partial charge in [-0.2, -0.15) is 0 Å². The molecular formula is C21H22N2O5. The van der Waals surface area contributed by atoms with Crippen molar-refractivity contribution in [1.82, 2.24) is 10.2 Å². The van der Waals surface area contributed by atoms with Crippen molar-refractivity contribution >= 4 is 22.8 Å². The molecule has 1 aliphatic rings. The third-order valence-corrected chi connectivity index (χ3v) is 5.09. The highest BCUT2D eigenvalue weighted by Gasteiger charge is 2.26. The largest absolute Gasteiger partial charge is 0.497 e. The molecule has 1 N–H and O–H groups in total. The summed E-state index contributed by atoms with van der Waals surface area (Å²) in [5.74, 6) is 0.920. The maximum atomic E-state index is 12.5. The van der Waals surface area contributed by atoms with Gasteiger partial charge in [-0.3, -0.25) is 9.59 Å². The number of carbonyl (C=O) groups is 2. The Morgan fingerprint density at radius 3 is 2.75 bits per heavy atom. The number of nitrogens with zero attached hydrogens (tertiary/aromatic N) is 1. The van der Waals surface area contributed by atoms with Crippen LogP contribution >= 0.6 is 0 Å². The molecule has 3 aromatic rings. The Morgan fingerprint density at radius 1 is 1.21 bits per heavy atom. The van der Waals surface area contributed by atoms with Crippen molar-refractivity contribution in [3.8, 4) is 5.75 Å². The summed E-state index contributed by atoms with van der Waals surface area (Å²) in [6, 6.07) is 9.00. The predicted octanol–water partition coefficient (Wildman–Crippen LogP) is 3.00. The van der Waals surface area contributed by atoms with Gasteiger partial charge in [-0.1, -0.05) is 0 Å². The Kier molecular flexibility index (Phi) is 5.06. The molecule has 146 valence electrons. The minimum absolute atomic E-state index is 0.0469. The number of amides is 2. The van der Waals surface area contributed by atoms with Crippen LogP contribution in [0.25, 0.3) is 11.0 Å². The van der Waals surface area contributed by atoms with E-state index in [9.17, 15) is 9.59 Å². The van der Waals surface area contributed by atoms with Crippen molar-refractivity contribution < 1.29 is 23.2 Å². The van der Waals surface area contributed by atoms with E-state index in [4.69, 9.17) is 13.6 Å². The summed E-state index contributed by atoms with van der Waals surface area (Å²) < 4.78 is 15.9. The minimum Gasteiger partial charge on any atom is -0.497 e. The molecule has 0 atom stereocenters. The second kappa shape index (κ2) is 7.80. The number of piperidine rings is 1. The van der Waals surface area contributed by atoms with Gasteiger partial charge >= 0.3 is 0 Å². The fourth-order valence-electron chi connectivity index (χ4n) is 3.56. The summed E-state index contributed by atoms with van der Waals surface area (Å²) in [7, 11) is 1.60. The van der Waals surface area contributed by atoms with E-state index in [1.54, 1.807) is 30.4 Å². The molecule has 1 aromatic carbocycles. The van der Waals surface area contributed by atoms with E-state index in [1.807, 2.05) is 18.2 Å². The Bertz CT molecular complexity index is 968. The van der Waals surface area contributed by atoms with E-state index in [2.05, 4.69) is 5.32 Å². The number of hydrogen-bond acceptors (Lipinski definition) is 5. The third-order valence-electron chi connectivity index (χ3n) is 5.09. The molecule has 0 unspecified atom stereocenters. The molecule has 2 aromatic heterocycles. The van der Waals surface area contributed by atoms with Crippen molar-refractivity contribution in [3.63, 3.8) is 0 Å². The summed E-state index contributed by atoms with van der Waals surface area (Å²) >= 11 is 0. The van der Waals surface area contributed by atoms with Crippen LogP contribution in [0.15, 0.2) is 51.7 Å². The first kappa shape index (κ1) is 18.2. The zero-order valence-corrected chi connectivity index (χ0v) is 15.6. The number of hydrogen-bond donors (Lipinski definition) is 1. The van der Waals surface area contributed by atoms with E-state index in [0.717, 1.165) is 23.8 Å². The molecule has 0 radical (unpaired) electrons. The third kappa shape index (κ3) is 3.74. The Hall–Kier alpha value is -3.22. The fraction of sp³-hybridized carbons (Fsp3) is 0.333. The molecule has 0 spiro atoms. The SMILES string of the molecule is COc1ccc2c(CC(=O)NC3CCN(C(=O)c4ccco4)CC3)coc2c1. The average Bonchev–Trinajstić information content (AvgIpc) is 3.38. The number of methoxy groups -OCH3 is 1. The van der Waals surface area contributed by atoms with Crippen molar-refractivity contribution in [1.29, 1.82) is 0 Å². The first-order chi connectivity index (χ1) is 13.6. The van der Waals surface area contributed by atoms with Crippen LogP contribution in [-0.2, 0) is 11.2 Å². The van der Waals surface area contributed by atoms with Gasteiger partial charge in [0.1, 0.15) is 11.3 Å². The van der Waals surface area contributed by atoms with E-state index in [0.29, 0.717) is 30.2 Å². The average molecular weight is 382 g/mol. The molecule has 2 amide bonds. The minimum atomic E-state index is -0.102. The van der Waals surface area contributed by atoms with Gasteiger partial charge < -0.3 is 23.8 Å². The highest BCUT2D eigenvalue weighted by atomic mass is 16.5. The maximum Gasteiger partial charge on any atom is 0.289 e. The van der Waals surface area contributed by atoms with Crippen LogP contribution in [0.4, 0.5) is 0 Å². The lowest BCUT2D eigenvalue weighted by Gasteiger charge is -2.31. The van der Waals surface area contributed by atoms with Crippen LogP contribution in [0, 0.1) is 0 Å². The number of furan rings is 2. The van der Waals surface area contributed by atoms with Crippen molar-refractivity contribution in [3.05, 3.63) is 54.2 Å². The molecule has 28 heavy (non-hydrogen) atoms.